The lowest BCUT2D eigenvalue weighted by Gasteiger charge is -2.25. The molecule has 0 amide bonds. The van der Waals surface area contributed by atoms with Crippen LogP contribution in [0.5, 0.6) is 0 Å². The Morgan fingerprint density at radius 2 is 1.87 bits per heavy atom. The van der Waals surface area contributed by atoms with E-state index < -0.39 is 15.8 Å². The minimum absolute atomic E-state index is 0.0448. The standard InChI is InChI=1S/C22H24FN3O3S2/c1-2-26-20-11-10-16(31(28,29)25-12-6-3-7-13-25)14-19(20)24-22(26)30-15-21(27)17-8-4-5-9-18(17)23/h4-5,8-11,14H,2-3,6-7,12-13,15H2,1H3. The van der Waals surface area contributed by atoms with Gasteiger partial charge in [0.15, 0.2) is 10.9 Å². The van der Waals surface area contributed by atoms with Crippen LogP contribution >= 0.6 is 11.8 Å². The molecule has 1 fully saturated rings. The average molecular weight is 462 g/mol. The van der Waals surface area contributed by atoms with Gasteiger partial charge in [-0.1, -0.05) is 30.3 Å². The van der Waals surface area contributed by atoms with Crippen molar-refractivity contribution < 1.29 is 17.6 Å². The van der Waals surface area contributed by atoms with E-state index in [1.54, 1.807) is 30.3 Å². The molecule has 3 aromatic rings. The third-order valence-corrected chi connectivity index (χ3v) is 8.33. The largest absolute Gasteiger partial charge is 0.319 e. The third-order valence-electron chi connectivity index (χ3n) is 5.46. The SMILES string of the molecule is CCn1c(SCC(=O)c2ccccc2F)nc2cc(S(=O)(=O)N3CCCCC3)ccc21. The van der Waals surface area contributed by atoms with Crippen molar-refractivity contribution in [1.82, 2.24) is 13.9 Å². The van der Waals surface area contributed by atoms with Crippen LogP contribution in [0.2, 0.25) is 0 Å². The summed E-state index contributed by atoms with van der Waals surface area (Å²) in [5.41, 5.74) is 1.44. The number of benzene rings is 2. The van der Waals surface area contributed by atoms with Gasteiger partial charge >= 0.3 is 0 Å². The van der Waals surface area contributed by atoms with Crippen LogP contribution in [0.4, 0.5) is 4.39 Å². The van der Waals surface area contributed by atoms with Crippen molar-refractivity contribution in [2.24, 2.45) is 0 Å². The van der Waals surface area contributed by atoms with E-state index in [-0.39, 0.29) is 22.0 Å². The van der Waals surface area contributed by atoms with Gasteiger partial charge in [0, 0.05) is 19.6 Å². The molecule has 9 heteroatoms. The predicted octanol–water partition coefficient (Wildman–Crippen LogP) is 4.34. The molecule has 164 valence electrons. The maximum Gasteiger partial charge on any atom is 0.243 e. The van der Waals surface area contributed by atoms with Gasteiger partial charge in [0.1, 0.15) is 5.82 Å². The summed E-state index contributed by atoms with van der Waals surface area (Å²) in [7, 11) is -3.55. The number of sulfonamides is 1. The topological polar surface area (TPSA) is 72.3 Å². The van der Waals surface area contributed by atoms with Gasteiger partial charge in [-0.2, -0.15) is 4.31 Å². The van der Waals surface area contributed by atoms with Gasteiger partial charge in [0.05, 0.1) is 27.2 Å². The van der Waals surface area contributed by atoms with Crippen LogP contribution in [-0.2, 0) is 16.6 Å². The van der Waals surface area contributed by atoms with Gasteiger partial charge in [-0.05, 0) is 50.1 Å². The Bertz CT molecular complexity index is 1220. The van der Waals surface area contributed by atoms with E-state index in [1.807, 2.05) is 11.5 Å². The molecule has 1 aromatic heterocycles. The average Bonchev–Trinajstić information content (AvgIpc) is 3.15. The summed E-state index contributed by atoms with van der Waals surface area (Å²) in [6.07, 6.45) is 2.81. The zero-order valence-corrected chi connectivity index (χ0v) is 18.9. The Hall–Kier alpha value is -2.23. The molecule has 4 rings (SSSR count). The van der Waals surface area contributed by atoms with E-state index in [2.05, 4.69) is 4.98 Å². The van der Waals surface area contributed by atoms with Crippen molar-refractivity contribution in [3.05, 3.63) is 53.8 Å². The second kappa shape index (κ2) is 9.10. The number of Topliss-reactive ketones (excluding diaryl/α,β-unsaturated/α-hetero) is 1. The molecule has 2 aromatic carbocycles. The molecule has 31 heavy (non-hydrogen) atoms. The fourth-order valence-electron chi connectivity index (χ4n) is 3.81. The van der Waals surface area contributed by atoms with Crippen molar-refractivity contribution in [1.29, 1.82) is 0 Å². The van der Waals surface area contributed by atoms with Gasteiger partial charge in [-0.3, -0.25) is 4.79 Å². The second-order valence-electron chi connectivity index (χ2n) is 7.45. The minimum atomic E-state index is -3.55. The summed E-state index contributed by atoms with van der Waals surface area (Å²) in [5.74, 6) is -0.806. The summed E-state index contributed by atoms with van der Waals surface area (Å²) in [6, 6.07) is 10.9. The van der Waals surface area contributed by atoms with Crippen LogP contribution in [0.25, 0.3) is 11.0 Å². The molecule has 1 aliphatic heterocycles. The smallest absolute Gasteiger partial charge is 0.243 e. The Labute approximate surface area is 185 Å². The number of fused-ring (bicyclic) bond motifs is 1. The van der Waals surface area contributed by atoms with Crippen LogP contribution in [0.3, 0.4) is 0 Å². The molecular weight excluding hydrogens is 437 g/mol. The first-order valence-electron chi connectivity index (χ1n) is 10.3. The van der Waals surface area contributed by atoms with Crippen LogP contribution in [0.1, 0.15) is 36.5 Å². The number of nitrogens with zero attached hydrogens (tertiary/aromatic N) is 3. The normalized spacial score (nSPS) is 15.4. The zero-order valence-electron chi connectivity index (χ0n) is 17.3. The van der Waals surface area contributed by atoms with Gasteiger partial charge in [-0.15, -0.1) is 0 Å². The van der Waals surface area contributed by atoms with Gasteiger partial charge in [0.2, 0.25) is 10.0 Å². The van der Waals surface area contributed by atoms with Crippen LogP contribution in [0.15, 0.2) is 52.5 Å². The molecule has 0 saturated carbocycles. The number of thioether (sulfide) groups is 1. The first kappa shape index (κ1) is 22.0. The molecule has 0 atom stereocenters. The molecule has 0 spiro atoms. The second-order valence-corrected chi connectivity index (χ2v) is 10.3. The lowest BCUT2D eigenvalue weighted by Crippen LogP contribution is -2.35. The summed E-state index contributed by atoms with van der Waals surface area (Å²) < 4.78 is 43.4. The number of piperidine rings is 1. The number of aryl methyl sites for hydroxylation is 1. The number of imidazole rings is 1. The number of carbonyl (C=O) groups is 1. The molecule has 0 bridgehead atoms. The number of carbonyl (C=O) groups excluding carboxylic acids is 1. The fourth-order valence-corrected chi connectivity index (χ4v) is 6.31. The fraction of sp³-hybridized carbons (Fsp3) is 0.364. The lowest BCUT2D eigenvalue weighted by molar-refractivity contribution is 0.101. The first-order chi connectivity index (χ1) is 14.9. The van der Waals surface area contributed by atoms with Gasteiger partial charge < -0.3 is 4.57 Å². The van der Waals surface area contributed by atoms with Crippen LogP contribution < -0.4 is 0 Å². The van der Waals surface area contributed by atoms with Crippen LogP contribution in [-0.4, -0.2) is 46.9 Å². The number of ketones is 1. The highest BCUT2D eigenvalue weighted by atomic mass is 32.2. The number of rotatable bonds is 7. The highest BCUT2D eigenvalue weighted by Crippen LogP contribution is 2.28. The number of hydrogen-bond acceptors (Lipinski definition) is 5. The monoisotopic (exact) mass is 461 g/mol. The van der Waals surface area contributed by atoms with Crippen molar-refractivity contribution in [2.45, 2.75) is 42.8 Å². The molecule has 0 N–H and O–H groups in total. The lowest BCUT2D eigenvalue weighted by atomic mass is 10.1. The number of aromatic nitrogens is 2. The van der Waals surface area contributed by atoms with E-state index in [0.717, 1.165) is 24.8 Å². The first-order valence-corrected chi connectivity index (χ1v) is 12.8. The molecule has 2 heterocycles. The summed E-state index contributed by atoms with van der Waals surface area (Å²) in [6.45, 7) is 3.67. The third kappa shape index (κ3) is 4.40. The molecule has 1 saturated heterocycles. The Morgan fingerprint density at radius 3 is 2.58 bits per heavy atom. The molecule has 0 aliphatic carbocycles. The van der Waals surface area contributed by atoms with Crippen molar-refractivity contribution in [3.63, 3.8) is 0 Å². The number of hydrogen-bond donors (Lipinski definition) is 0. The molecular formula is C22H24FN3O3S2. The van der Waals surface area contributed by atoms with E-state index in [9.17, 15) is 17.6 Å². The van der Waals surface area contributed by atoms with Crippen LogP contribution in [0, 0.1) is 5.82 Å². The van der Waals surface area contributed by atoms with E-state index >= 15 is 0 Å². The van der Waals surface area contributed by atoms with Crippen molar-refractivity contribution >= 4 is 38.6 Å². The summed E-state index contributed by atoms with van der Waals surface area (Å²) >= 11 is 1.23. The zero-order chi connectivity index (χ0) is 22.0. The van der Waals surface area contributed by atoms with Gasteiger partial charge in [0.25, 0.3) is 0 Å². The molecule has 6 nitrogen and oxygen atoms in total. The summed E-state index contributed by atoms with van der Waals surface area (Å²) in [4.78, 5) is 17.3. The van der Waals surface area contributed by atoms with Crippen molar-refractivity contribution in [3.8, 4) is 0 Å². The Balaban J connectivity index is 1.60. The molecule has 1 aliphatic rings. The minimum Gasteiger partial charge on any atom is -0.319 e. The molecule has 0 unspecified atom stereocenters. The predicted molar refractivity (Wildman–Crippen MR) is 119 cm³/mol. The molecule has 0 radical (unpaired) electrons. The highest BCUT2D eigenvalue weighted by Gasteiger charge is 2.27. The highest BCUT2D eigenvalue weighted by molar-refractivity contribution is 7.99. The maximum atomic E-state index is 13.9. The quantitative estimate of drug-likeness (QED) is 0.387. The van der Waals surface area contributed by atoms with Crippen molar-refractivity contribution in [2.75, 3.05) is 18.8 Å². The number of halogens is 1. The van der Waals surface area contributed by atoms with E-state index in [1.165, 1.54) is 28.2 Å². The maximum absolute atomic E-state index is 13.9. The van der Waals surface area contributed by atoms with E-state index in [4.69, 9.17) is 0 Å². The Kier molecular flexibility index (Phi) is 6.45. The van der Waals surface area contributed by atoms with E-state index in [0.29, 0.717) is 30.3 Å². The van der Waals surface area contributed by atoms with Gasteiger partial charge in [-0.25, -0.2) is 17.8 Å². The summed E-state index contributed by atoms with van der Waals surface area (Å²) in [5, 5.41) is 0.606. The Morgan fingerprint density at radius 1 is 1.13 bits per heavy atom.